The maximum absolute atomic E-state index is 12.1. The first-order valence-corrected chi connectivity index (χ1v) is 8.92. The van der Waals surface area contributed by atoms with Crippen molar-refractivity contribution in [2.24, 2.45) is 0 Å². The second-order valence-corrected chi connectivity index (χ2v) is 6.90. The van der Waals surface area contributed by atoms with Gasteiger partial charge in [0.05, 0.1) is 5.69 Å². The van der Waals surface area contributed by atoms with Crippen molar-refractivity contribution in [2.75, 3.05) is 5.32 Å². The lowest BCUT2D eigenvalue weighted by molar-refractivity contribution is -0.116. The summed E-state index contributed by atoms with van der Waals surface area (Å²) >= 11 is 1.49. The highest BCUT2D eigenvalue weighted by Crippen LogP contribution is 2.31. The van der Waals surface area contributed by atoms with E-state index in [1.807, 2.05) is 29.6 Å². The molecule has 126 valence electrons. The number of nitrogens with one attached hydrogen (secondary N) is 2. The Labute approximate surface area is 149 Å². The minimum absolute atomic E-state index is 0.0693. The van der Waals surface area contributed by atoms with Crippen LogP contribution in [0.15, 0.2) is 47.5 Å². The molecule has 0 saturated heterocycles. The monoisotopic (exact) mass is 352 g/mol. The molecular formula is C19H16N2O3S. The number of fused-ring (bicyclic) bond motifs is 1. The van der Waals surface area contributed by atoms with Crippen LogP contribution in [0.3, 0.4) is 0 Å². The predicted octanol–water partition coefficient (Wildman–Crippen LogP) is 3.41. The van der Waals surface area contributed by atoms with Gasteiger partial charge >= 0.3 is 0 Å². The number of benzene rings is 1. The molecule has 0 spiro atoms. The molecule has 0 unspecified atom stereocenters. The number of ether oxygens (including phenoxy) is 1. The first-order valence-electron chi connectivity index (χ1n) is 8.04. The third kappa shape index (κ3) is 3.80. The molecule has 2 N–H and O–H groups in total. The van der Waals surface area contributed by atoms with Gasteiger partial charge in [0.1, 0.15) is 0 Å². The van der Waals surface area contributed by atoms with Crippen molar-refractivity contribution in [3.8, 4) is 5.75 Å². The van der Waals surface area contributed by atoms with Crippen LogP contribution in [0.4, 0.5) is 5.69 Å². The molecule has 25 heavy (non-hydrogen) atoms. The number of anilines is 1. The van der Waals surface area contributed by atoms with E-state index in [4.69, 9.17) is 4.74 Å². The Kier molecular flexibility index (Phi) is 4.11. The second-order valence-electron chi connectivity index (χ2n) is 5.96. The fourth-order valence-corrected chi connectivity index (χ4v) is 3.21. The molecule has 2 amide bonds. The highest BCUT2D eigenvalue weighted by Gasteiger charge is 2.22. The molecule has 2 aromatic rings. The number of carbonyl (C=O) groups excluding carboxylic acids is 2. The maximum Gasteiger partial charge on any atom is 0.291 e. The van der Waals surface area contributed by atoms with Gasteiger partial charge in [-0.1, -0.05) is 12.1 Å². The summed E-state index contributed by atoms with van der Waals surface area (Å²) in [5.41, 5.74) is 1.58. The van der Waals surface area contributed by atoms with Crippen molar-refractivity contribution in [1.82, 2.24) is 5.32 Å². The number of hydrogen-bond donors (Lipinski definition) is 2. The zero-order valence-electron chi connectivity index (χ0n) is 13.3. The Morgan fingerprint density at radius 3 is 3.00 bits per heavy atom. The van der Waals surface area contributed by atoms with Crippen molar-refractivity contribution >= 4 is 41.0 Å². The zero-order valence-corrected chi connectivity index (χ0v) is 14.1. The van der Waals surface area contributed by atoms with E-state index in [-0.39, 0.29) is 17.6 Å². The lowest BCUT2D eigenvalue weighted by atomic mass is 10.2. The van der Waals surface area contributed by atoms with Crippen LogP contribution in [0, 0.1) is 0 Å². The average molecular weight is 352 g/mol. The minimum Gasteiger partial charge on any atom is -0.449 e. The normalized spacial score (nSPS) is 17.9. The standard InChI is InChI=1S/C19H16N2O3S/c22-18(20-13-6-7-13)8-5-12-9-14(25-11-12)10-17-19(23)21-15-3-1-2-4-16(15)24-17/h1-5,8-11,13H,6-7H2,(H,20,22)(H,21,23)/b8-5+,17-10-. The van der Waals surface area contributed by atoms with Crippen LogP contribution < -0.4 is 15.4 Å². The zero-order chi connectivity index (χ0) is 17.2. The molecule has 1 aliphatic heterocycles. The summed E-state index contributed by atoms with van der Waals surface area (Å²) in [5.74, 6) is 0.539. The lowest BCUT2D eigenvalue weighted by Crippen LogP contribution is -2.23. The molecule has 2 aliphatic rings. The number of thiophene rings is 1. The van der Waals surface area contributed by atoms with Gasteiger partial charge in [0.2, 0.25) is 5.91 Å². The van der Waals surface area contributed by atoms with Crippen LogP contribution in [-0.2, 0) is 9.59 Å². The van der Waals surface area contributed by atoms with Gasteiger partial charge in [-0.3, -0.25) is 9.59 Å². The molecule has 1 saturated carbocycles. The molecule has 0 atom stereocenters. The second kappa shape index (κ2) is 6.57. The Morgan fingerprint density at radius 2 is 2.16 bits per heavy atom. The van der Waals surface area contributed by atoms with Gasteiger partial charge in [-0.05, 0) is 48.1 Å². The summed E-state index contributed by atoms with van der Waals surface area (Å²) in [4.78, 5) is 24.7. The first kappa shape index (κ1) is 15.7. The van der Waals surface area contributed by atoms with E-state index >= 15 is 0 Å². The van der Waals surface area contributed by atoms with Gasteiger partial charge < -0.3 is 15.4 Å². The number of hydrogen-bond acceptors (Lipinski definition) is 4. The van der Waals surface area contributed by atoms with E-state index < -0.39 is 0 Å². The molecule has 1 fully saturated rings. The highest BCUT2D eigenvalue weighted by atomic mass is 32.1. The smallest absolute Gasteiger partial charge is 0.291 e. The molecule has 0 bridgehead atoms. The lowest BCUT2D eigenvalue weighted by Gasteiger charge is -2.19. The van der Waals surface area contributed by atoms with E-state index in [2.05, 4.69) is 10.6 Å². The van der Waals surface area contributed by atoms with Crippen LogP contribution in [0.2, 0.25) is 0 Å². The first-order chi connectivity index (χ1) is 12.2. The fourth-order valence-electron chi connectivity index (χ4n) is 2.41. The number of rotatable bonds is 4. The van der Waals surface area contributed by atoms with Crippen molar-refractivity contribution in [3.05, 3.63) is 58.0 Å². The average Bonchev–Trinajstić information content (AvgIpc) is 3.30. The van der Waals surface area contributed by atoms with Crippen LogP contribution in [-0.4, -0.2) is 17.9 Å². The van der Waals surface area contributed by atoms with E-state index in [9.17, 15) is 9.59 Å². The van der Waals surface area contributed by atoms with Gasteiger partial charge in [0.15, 0.2) is 11.5 Å². The highest BCUT2D eigenvalue weighted by molar-refractivity contribution is 7.11. The van der Waals surface area contributed by atoms with Crippen LogP contribution in [0.1, 0.15) is 23.3 Å². The van der Waals surface area contributed by atoms with Crippen LogP contribution in [0.25, 0.3) is 12.2 Å². The Balaban J connectivity index is 1.46. The molecule has 0 radical (unpaired) electrons. The minimum atomic E-state index is -0.270. The third-order valence-electron chi connectivity index (χ3n) is 3.84. The molecular weight excluding hydrogens is 336 g/mol. The Morgan fingerprint density at radius 1 is 1.32 bits per heavy atom. The molecule has 5 nitrogen and oxygen atoms in total. The largest absolute Gasteiger partial charge is 0.449 e. The summed E-state index contributed by atoms with van der Waals surface area (Å²) in [5, 5.41) is 7.64. The SMILES string of the molecule is O=C(/C=C/c1csc(/C=C2\Oc3ccccc3NC2=O)c1)NC1CC1. The third-order valence-corrected chi connectivity index (χ3v) is 4.74. The van der Waals surface area contributed by atoms with Gasteiger partial charge in [0.25, 0.3) is 5.91 Å². The molecule has 6 heteroatoms. The number of para-hydroxylation sites is 2. The summed E-state index contributed by atoms with van der Waals surface area (Å²) in [6, 6.07) is 9.57. The van der Waals surface area contributed by atoms with Gasteiger partial charge in [-0.15, -0.1) is 11.3 Å². The number of amides is 2. The maximum atomic E-state index is 12.1. The Bertz CT molecular complexity index is 894. The molecule has 4 rings (SSSR count). The van der Waals surface area contributed by atoms with Crippen molar-refractivity contribution < 1.29 is 14.3 Å². The number of carbonyl (C=O) groups is 2. The van der Waals surface area contributed by atoms with Crippen molar-refractivity contribution in [1.29, 1.82) is 0 Å². The molecule has 1 aromatic carbocycles. The quantitative estimate of drug-likeness (QED) is 0.829. The fraction of sp³-hybridized carbons (Fsp3) is 0.158. The van der Waals surface area contributed by atoms with Gasteiger partial charge in [0, 0.05) is 23.1 Å². The summed E-state index contributed by atoms with van der Waals surface area (Å²) < 4.78 is 5.68. The van der Waals surface area contributed by atoms with Crippen molar-refractivity contribution in [3.63, 3.8) is 0 Å². The summed E-state index contributed by atoms with van der Waals surface area (Å²) in [7, 11) is 0. The van der Waals surface area contributed by atoms with E-state index in [1.54, 1.807) is 18.2 Å². The topological polar surface area (TPSA) is 67.4 Å². The van der Waals surface area contributed by atoms with Crippen molar-refractivity contribution in [2.45, 2.75) is 18.9 Å². The Hall–Kier alpha value is -2.86. The van der Waals surface area contributed by atoms with E-state index in [1.165, 1.54) is 17.4 Å². The summed E-state index contributed by atoms with van der Waals surface area (Å²) in [6.45, 7) is 0. The summed E-state index contributed by atoms with van der Waals surface area (Å²) in [6.07, 6.45) is 7.16. The van der Waals surface area contributed by atoms with Gasteiger partial charge in [-0.2, -0.15) is 0 Å². The molecule has 1 aromatic heterocycles. The van der Waals surface area contributed by atoms with Crippen LogP contribution in [0.5, 0.6) is 5.75 Å². The van der Waals surface area contributed by atoms with E-state index in [0.717, 1.165) is 23.3 Å². The van der Waals surface area contributed by atoms with Crippen LogP contribution >= 0.6 is 11.3 Å². The van der Waals surface area contributed by atoms with E-state index in [0.29, 0.717) is 17.5 Å². The predicted molar refractivity (Wildman–Crippen MR) is 98.2 cm³/mol. The molecule has 2 heterocycles. The van der Waals surface area contributed by atoms with Gasteiger partial charge in [-0.25, -0.2) is 0 Å². The molecule has 1 aliphatic carbocycles.